The molecule has 6 rings (SSSR count). The van der Waals surface area contributed by atoms with Gasteiger partial charge in [-0.15, -0.1) is 0 Å². The van der Waals surface area contributed by atoms with E-state index in [2.05, 4.69) is 0 Å². The number of nitrogens with zero attached hydrogens (tertiary/aromatic N) is 4. The zero-order valence-electron chi connectivity index (χ0n) is 22.6. The van der Waals surface area contributed by atoms with Crippen LogP contribution in [-0.4, -0.2) is 33.5 Å². The van der Waals surface area contributed by atoms with Gasteiger partial charge in [0.15, 0.2) is 0 Å². The molecule has 212 valence electrons. The summed E-state index contributed by atoms with van der Waals surface area (Å²) in [6.45, 7) is 3.92. The summed E-state index contributed by atoms with van der Waals surface area (Å²) in [6, 6.07) is 20.7. The average molecular weight is 577 g/mol. The van der Waals surface area contributed by atoms with Crippen molar-refractivity contribution >= 4 is 46.4 Å². The molecule has 12 nitrogen and oxygen atoms in total. The van der Waals surface area contributed by atoms with E-state index in [0.717, 1.165) is 33.1 Å². The average Bonchev–Trinajstić information content (AvgIpc) is 3.40. The number of imide groups is 2. The Morgan fingerprint density at radius 1 is 0.512 bits per heavy atom. The zero-order valence-corrected chi connectivity index (χ0v) is 22.6. The van der Waals surface area contributed by atoms with E-state index in [-0.39, 0.29) is 33.6 Å². The summed E-state index contributed by atoms with van der Waals surface area (Å²) < 4.78 is 0. The third kappa shape index (κ3) is 4.15. The summed E-state index contributed by atoms with van der Waals surface area (Å²) in [4.78, 5) is 74.8. The normalized spacial score (nSPS) is 14.3. The molecule has 0 aliphatic carbocycles. The van der Waals surface area contributed by atoms with Crippen molar-refractivity contribution in [3.63, 3.8) is 0 Å². The van der Waals surface area contributed by atoms with E-state index in [1.54, 1.807) is 48.5 Å². The number of carbonyl (C=O) groups is 4. The Hall–Kier alpha value is -6.04. The molecule has 2 heterocycles. The molecule has 4 aromatic carbocycles. The fraction of sp³-hybridized carbons (Fsp3) is 0.0968. The predicted molar refractivity (Wildman–Crippen MR) is 153 cm³/mol. The second kappa shape index (κ2) is 9.52. The first-order valence-corrected chi connectivity index (χ1v) is 13.0. The first-order valence-electron chi connectivity index (χ1n) is 13.0. The van der Waals surface area contributed by atoms with Crippen molar-refractivity contribution in [1.29, 1.82) is 0 Å². The minimum absolute atomic E-state index is 0.0278. The van der Waals surface area contributed by atoms with E-state index in [1.807, 2.05) is 13.8 Å². The van der Waals surface area contributed by atoms with E-state index < -0.39 is 38.9 Å². The number of carbonyl (C=O) groups excluding carboxylic acids is 4. The molecule has 12 heteroatoms. The molecule has 2 aliphatic rings. The summed E-state index contributed by atoms with van der Waals surface area (Å²) in [7, 11) is 0. The number of benzene rings is 4. The molecule has 43 heavy (non-hydrogen) atoms. The number of nitro benzene ring substituents is 2. The summed E-state index contributed by atoms with van der Waals surface area (Å²) in [5, 5.41) is 22.2. The molecule has 4 aromatic rings. The Labute approximate surface area is 243 Å². The molecule has 0 saturated heterocycles. The monoisotopic (exact) mass is 576 g/mol. The number of non-ortho nitro benzene ring substituents is 2. The largest absolute Gasteiger partial charge is 0.270 e. The highest BCUT2D eigenvalue weighted by Gasteiger charge is 2.39. The maximum absolute atomic E-state index is 13.0. The molecular weight excluding hydrogens is 556 g/mol. The van der Waals surface area contributed by atoms with E-state index in [0.29, 0.717) is 11.4 Å². The van der Waals surface area contributed by atoms with E-state index in [1.165, 1.54) is 24.3 Å². The molecule has 0 saturated carbocycles. The summed E-state index contributed by atoms with van der Waals surface area (Å²) >= 11 is 0. The van der Waals surface area contributed by atoms with E-state index >= 15 is 0 Å². The fourth-order valence-corrected chi connectivity index (χ4v) is 5.37. The SMILES string of the molecule is CC(C)(c1ccc(N2C(=O)c3ccc([N+](=O)[O-])cc3C2=O)cc1)c1ccc(N2C(=O)c3ccc([N+](=O)[O-])cc3C2=O)cc1. The first-order chi connectivity index (χ1) is 20.4. The van der Waals surface area contributed by atoms with E-state index in [9.17, 15) is 39.4 Å². The lowest BCUT2D eigenvalue weighted by Crippen LogP contribution is -2.29. The number of amides is 4. The van der Waals surface area contributed by atoms with Crippen LogP contribution in [0.1, 0.15) is 66.4 Å². The number of hydrogen-bond donors (Lipinski definition) is 0. The van der Waals surface area contributed by atoms with Gasteiger partial charge in [-0.3, -0.25) is 39.4 Å². The standard InChI is InChI=1S/C31H20N4O8/c1-31(2,17-3-7-19(8-4-17)32-27(36)23-13-11-21(34(40)41)15-25(23)29(32)38)18-5-9-20(10-6-18)33-28(37)24-14-12-22(35(42)43)16-26(24)30(33)39/h3-16H,1-2H3. The van der Waals surface area contributed by atoms with Gasteiger partial charge in [-0.2, -0.15) is 0 Å². The minimum atomic E-state index is -0.644. The van der Waals surface area contributed by atoms with Crippen LogP contribution in [0.4, 0.5) is 22.7 Å². The van der Waals surface area contributed by atoms with Crippen LogP contribution in [-0.2, 0) is 5.41 Å². The van der Waals surface area contributed by atoms with Crippen LogP contribution in [0.2, 0.25) is 0 Å². The molecule has 0 spiro atoms. The van der Waals surface area contributed by atoms with Gasteiger partial charge in [-0.25, -0.2) is 9.80 Å². The third-order valence-electron chi connectivity index (χ3n) is 7.86. The van der Waals surface area contributed by atoms with Gasteiger partial charge in [0.25, 0.3) is 35.0 Å². The molecule has 2 aliphatic heterocycles. The van der Waals surface area contributed by atoms with Crippen molar-refractivity contribution in [2.24, 2.45) is 0 Å². The number of rotatable bonds is 6. The maximum atomic E-state index is 13.0. The topological polar surface area (TPSA) is 161 Å². The van der Waals surface area contributed by atoms with Crippen molar-refractivity contribution in [3.05, 3.63) is 139 Å². The number of nitro groups is 2. The van der Waals surface area contributed by atoms with Gasteiger partial charge in [0.2, 0.25) is 0 Å². The van der Waals surface area contributed by atoms with Crippen molar-refractivity contribution in [2.45, 2.75) is 19.3 Å². The number of anilines is 2. The second-order valence-electron chi connectivity index (χ2n) is 10.6. The Morgan fingerprint density at radius 2 is 0.837 bits per heavy atom. The van der Waals surface area contributed by atoms with Gasteiger partial charge in [-0.1, -0.05) is 38.1 Å². The van der Waals surface area contributed by atoms with Gasteiger partial charge in [0, 0.05) is 29.7 Å². The van der Waals surface area contributed by atoms with Crippen LogP contribution in [0, 0.1) is 20.2 Å². The van der Waals surface area contributed by atoms with Gasteiger partial charge in [0.05, 0.1) is 43.5 Å². The van der Waals surface area contributed by atoms with Crippen molar-refractivity contribution in [2.75, 3.05) is 9.80 Å². The van der Waals surface area contributed by atoms with Crippen LogP contribution >= 0.6 is 0 Å². The molecule has 0 N–H and O–H groups in total. The van der Waals surface area contributed by atoms with Crippen molar-refractivity contribution < 1.29 is 29.0 Å². The predicted octanol–water partition coefficient (Wildman–Crippen LogP) is 5.43. The lowest BCUT2D eigenvalue weighted by atomic mass is 9.78. The quantitative estimate of drug-likeness (QED) is 0.167. The lowest BCUT2D eigenvalue weighted by Gasteiger charge is -2.27. The van der Waals surface area contributed by atoms with Gasteiger partial charge in [-0.05, 0) is 47.5 Å². The smallest absolute Gasteiger partial charge is 0.268 e. The fourth-order valence-electron chi connectivity index (χ4n) is 5.37. The van der Waals surface area contributed by atoms with Gasteiger partial charge < -0.3 is 0 Å². The maximum Gasteiger partial charge on any atom is 0.270 e. The molecule has 0 atom stereocenters. The van der Waals surface area contributed by atoms with Crippen LogP contribution in [0.15, 0.2) is 84.9 Å². The zero-order chi connectivity index (χ0) is 30.8. The Morgan fingerprint density at radius 3 is 1.16 bits per heavy atom. The summed E-state index contributed by atoms with van der Waals surface area (Å²) in [5.41, 5.74) is 1.29. The number of fused-ring (bicyclic) bond motifs is 2. The molecular formula is C31H20N4O8. The molecule has 4 amide bonds. The highest BCUT2D eigenvalue weighted by atomic mass is 16.6. The third-order valence-corrected chi connectivity index (χ3v) is 7.86. The first kappa shape index (κ1) is 27.1. The van der Waals surface area contributed by atoms with E-state index in [4.69, 9.17) is 0 Å². The summed E-state index contributed by atoms with van der Waals surface area (Å²) in [5.74, 6) is -2.43. The Balaban J connectivity index is 1.23. The lowest BCUT2D eigenvalue weighted by molar-refractivity contribution is -0.385. The Kier molecular flexibility index (Phi) is 6.01. The second-order valence-corrected chi connectivity index (χ2v) is 10.6. The van der Waals surface area contributed by atoms with Crippen LogP contribution < -0.4 is 9.80 Å². The van der Waals surface area contributed by atoms with Crippen LogP contribution in [0.3, 0.4) is 0 Å². The number of hydrogen-bond acceptors (Lipinski definition) is 8. The highest BCUT2D eigenvalue weighted by Crippen LogP contribution is 2.37. The van der Waals surface area contributed by atoms with Crippen LogP contribution in [0.25, 0.3) is 0 Å². The minimum Gasteiger partial charge on any atom is -0.268 e. The highest BCUT2D eigenvalue weighted by molar-refractivity contribution is 6.35. The molecule has 0 bridgehead atoms. The molecule has 0 fully saturated rings. The molecule has 0 unspecified atom stereocenters. The molecule has 0 aromatic heterocycles. The van der Waals surface area contributed by atoms with Crippen molar-refractivity contribution in [3.8, 4) is 0 Å². The van der Waals surface area contributed by atoms with Crippen LogP contribution in [0.5, 0.6) is 0 Å². The van der Waals surface area contributed by atoms with Crippen molar-refractivity contribution in [1.82, 2.24) is 0 Å². The molecule has 0 radical (unpaired) electrons. The van der Waals surface area contributed by atoms with Gasteiger partial charge in [0.1, 0.15) is 0 Å². The Bertz CT molecular complexity index is 1790. The van der Waals surface area contributed by atoms with Gasteiger partial charge >= 0.3 is 0 Å². The summed E-state index contributed by atoms with van der Waals surface area (Å²) in [6.07, 6.45) is 0.